The summed E-state index contributed by atoms with van der Waals surface area (Å²) in [6.45, 7) is 3.92. The van der Waals surface area contributed by atoms with Gasteiger partial charge in [-0.3, -0.25) is 9.59 Å². The molecule has 4 rings (SSSR count). The van der Waals surface area contributed by atoms with Crippen LogP contribution in [0.15, 0.2) is 24.5 Å². The number of thiophene rings is 1. The molecule has 10 nitrogen and oxygen atoms in total. The molecule has 0 spiro atoms. The van der Waals surface area contributed by atoms with E-state index in [1.165, 1.54) is 18.5 Å². The van der Waals surface area contributed by atoms with Gasteiger partial charge >= 0.3 is 5.97 Å². The van der Waals surface area contributed by atoms with Crippen LogP contribution >= 0.6 is 11.3 Å². The smallest absolute Gasteiger partial charge is 0.374 e. The summed E-state index contributed by atoms with van der Waals surface area (Å²) in [6.07, 6.45) is 4.78. The van der Waals surface area contributed by atoms with Crippen molar-refractivity contribution in [3.63, 3.8) is 0 Å². The predicted octanol–water partition coefficient (Wildman–Crippen LogP) is 4.69. The molecule has 1 fully saturated rings. The Kier molecular flexibility index (Phi) is 7.98. The van der Waals surface area contributed by atoms with Gasteiger partial charge in [0.15, 0.2) is 0 Å². The molecule has 196 valence electrons. The van der Waals surface area contributed by atoms with Crippen molar-refractivity contribution in [2.75, 3.05) is 12.4 Å². The molecule has 0 aliphatic heterocycles. The molecule has 0 radical (unpaired) electrons. The summed E-state index contributed by atoms with van der Waals surface area (Å²) >= 11 is 1.04. The molecule has 0 atom stereocenters. The van der Waals surface area contributed by atoms with Gasteiger partial charge in [-0.05, 0) is 50.3 Å². The summed E-state index contributed by atoms with van der Waals surface area (Å²) < 4.78 is 25.7. The topological polar surface area (TPSA) is 120 Å². The van der Waals surface area contributed by atoms with Crippen molar-refractivity contribution in [1.82, 2.24) is 15.0 Å². The third kappa shape index (κ3) is 5.86. The first kappa shape index (κ1) is 26.4. The highest BCUT2D eigenvalue weighted by molar-refractivity contribution is 7.20. The lowest BCUT2D eigenvalue weighted by molar-refractivity contribution is -0.177. The molecule has 1 aliphatic rings. The molecular formula is C25H27FN4O6S. The van der Waals surface area contributed by atoms with Gasteiger partial charge in [0, 0.05) is 27.0 Å². The third-order valence-corrected chi connectivity index (χ3v) is 7.28. The molecule has 1 aliphatic carbocycles. The summed E-state index contributed by atoms with van der Waals surface area (Å²) in [7, 11) is 1.70. The number of rotatable bonds is 6. The number of nitrogens with one attached hydrogen (secondary N) is 1. The van der Waals surface area contributed by atoms with Crippen molar-refractivity contribution in [1.29, 1.82) is 0 Å². The van der Waals surface area contributed by atoms with E-state index in [-0.39, 0.29) is 17.1 Å². The Hall–Kier alpha value is -3.64. The first-order chi connectivity index (χ1) is 17.7. The minimum atomic E-state index is -0.866. The molecule has 3 aromatic rings. The number of benzene rings is 1. The average molecular weight is 531 g/mol. The van der Waals surface area contributed by atoms with E-state index in [1.807, 2.05) is 0 Å². The Balaban J connectivity index is 1.61. The molecule has 2 heterocycles. The average Bonchev–Trinajstić information content (AvgIpc) is 3.21. The Morgan fingerprint density at radius 1 is 1.08 bits per heavy atom. The minimum absolute atomic E-state index is 0.0751. The Bertz CT molecular complexity index is 1320. The number of aromatic nitrogens is 2. The van der Waals surface area contributed by atoms with Crippen molar-refractivity contribution < 1.29 is 33.1 Å². The molecule has 0 bridgehead atoms. The van der Waals surface area contributed by atoms with E-state index in [1.54, 1.807) is 20.1 Å². The van der Waals surface area contributed by atoms with Crippen LogP contribution < -0.4 is 10.1 Å². The van der Waals surface area contributed by atoms with E-state index in [9.17, 15) is 18.8 Å². The fourth-order valence-electron chi connectivity index (χ4n) is 4.23. The normalized spacial score (nSPS) is 17.3. The first-order valence-corrected chi connectivity index (χ1v) is 12.5. The number of amides is 2. The second kappa shape index (κ2) is 11.2. The van der Waals surface area contributed by atoms with E-state index in [4.69, 9.17) is 14.3 Å². The maximum Gasteiger partial charge on any atom is 0.374 e. The molecule has 0 unspecified atom stereocenters. The van der Waals surface area contributed by atoms with Crippen molar-refractivity contribution in [3.8, 4) is 5.75 Å². The number of nitrogens with zero attached hydrogens (tertiary/aromatic N) is 3. The number of ether oxygens (including phenoxy) is 2. The maximum atomic E-state index is 14.1. The van der Waals surface area contributed by atoms with Crippen LogP contribution in [0.25, 0.3) is 10.2 Å². The largest absolute Gasteiger partial charge is 0.488 e. The number of carbonyl (C=O) groups excluding carboxylic acids is 3. The maximum absolute atomic E-state index is 14.1. The van der Waals surface area contributed by atoms with Crippen molar-refractivity contribution in [3.05, 3.63) is 40.8 Å². The van der Waals surface area contributed by atoms with Gasteiger partial charge in [0.05, 0.1) is 23.3 Å². The summed E-state index contributed by atoms with van der Waals surface area (Å²) in [5, 5.41) is 4.14. The third-order valence-electron chi connectivity index (χ3n) is 6.10. The highest BCUT2D eigenvalue weighted by atomic mass is 32.1. The van der Waals surface area contributed by atoms with Gasteiger partial charge in [0.1, 0.15) is 33.4 Å². The molecule has 37 heavy (non-hydrogen) atoms. The van der Waals surface area contributed by atoms with Crippen LogP contribution in [0.5, 0.6) is 5.75 Å². The van der Waals surface area contributed by atoms with E-state index < -0.39 is 23.6 Å². The number of imide groups is 1. The number of hydrogen-bond donors (Lipinski definition) is 1. The Morgan fingerprint density at radius 3 is 2.41 bits per heavy atom. The van der Waals surface area contributed by atoms with Gasteiger partial charge < -0.3 is 19.6 Å². The number of carbonyl (C=O) groups is 3. The number of halogens is 1. The van der Waals surface area contributed by atoms with Crippen molar-refractivity contribution >= 4 is 50.8 Å². The number of aryl methyl sites for hydroxylation is 1. The summed E-state index contributed by atoms with van der Waals surface area (Å²) in [4.78, 5) is 50.3. The van der Waals surface area contributed by atoms with Crippen LogP contribution in [-0.2, 0) is 19.2 Å². The number of hydrogen-bond acceptors (Lipinski definition) is 10. The highest BCUT2D eigenvalue weighted by Crippen LogP contribution is 2.38. The zero-order valence-corrected chi connectivity index (χ0v) is 21.7. The quantitative estimate of drug-likeness (QED) is 0.453. The van der Waals surface area contributed by atoms with E-state index in [2.05, 4.69) is 15.3 Å². The molecule has 1 aromatic carbocycles. The lowest BCUT2D eigenvalue weighted by atomic mass is 9.95. The lowest BCUT2D eigenvalue weighted by Crippen LogP contribution is -2.35. The predicted molar refractivity (Wildman–Crippen MR) is 134 cm³/mol. The fourth-order valence-corrected chi connectivity index (χ4v) is 5.25. The second-order valence-corrected chi connectivity index (χ2v) is 9.69. The van der Waals surface area contributed by atoms with Crippen LogP contribution in [0.1, 0.15) is 54.8 Å². The van der Waals surface area contributed by atoms with Gasteiger partial charge in [-0.25, -0.2) is 19.2 Å². The summed E-state index contributed by atoms with van der Waals surface area (Å²) in [6, 6.07) is 4.20. The van der Waals surface area contributed by atoms with Gasteiger partial charge in [0.2, 0.25) is 0 Å². The van der Waals surface area contributed by atoms with E-state index in [0.29, 0.717) is 38.1 Å². The number of fused-ring (bicyclic) bond motifs is 1. The highest BCUT2D eigenvalue weighted by Gasteiger charge is 2.27. The van der Waals surface area contributed by atoms with Crippen LogP contribution in [0, 0.1) is 12.7 Å². The summed E-state index contributed by atoms with van der Waals surface area (Å²) in [5.74, 6) is -2.01. The van der Waals surface area contributed by atoms with Gasteiger partial charge in [-0.15, -0.1) is 16.4 Å². The number of hydroxylamine groups is 2. The monoisotopic (exact) mass is 530 g/mol. The van der Waals surface area contributed by atoms with Gasteiger partial charge in [-0.2, -0.15) is 0 Å². The molecule has 1 saturated carbocycles. The second-order valence-electron chi connectivity index (χ2n) is 8.69. The SMILES string of the molecule is COC1CCC(Oc2cc(F)ccc2Nc2ncnc3sc(C(=O)ON(C(C)=O)C(C)=O)c(C)c23)CC1. The summed E-state index contributed by atoms with van der Waals surface area (Å²) in [5.41, 5.74) is 1.01. The van der Waals surface area contributed by atoms with Crippen LogP contribution in [0.3, 0.4) is 0 Å². The van der Waals surface area contributed by atoms with Crippen molar-refractivity contribution in [2.45, 2.75) is 58.7 Å². The van der Waals surface area contributed by atoms with Gasteiger partial charge in [-0.1, -0.05) is 0 Å². The van der Waals surface area contributed by atoms with E-state index in [0.717, 1.165) is 50.9 Å². The molecule has 2 aromatic heterocycles. The molecule has 12 heteroatoms. The molecule has 2 amide bonds. The molecule has 1 N–H and O–H groups in total. The van der Waals surface area contributed by atoms with E-state index >= 15 is 0 Å². The number of anilines is 2. The Morgan fingerprint density at radius 2 is 1.76 bits per heavy atom. The zero-order chi connectivity index (χ0) is 26.7. The van der Waals surface area contributed by atoms with Crippen LogP contribution in [0.4, 0.5) is 15.9 Å². The standard InChI is InChI=1S/C25H27FN4O6S/c1-13-21-23(27-12-28-24(21)37-22(13)25(33)36-30(14(2)31)15(3)32)29-19-10-5-16(26)11-20(19)35-18-8-6-17(34-4)7-9-18/h5,10-12,17-18H,6-9H2,1-4H3,(H,27,28,29). The minimum Gasteiger partial charge on any atom is -0.488 e. The Labute approximate surface area is 216 Å². The van der Waals surface area contributed by atoms with Crippen LogP contribution in [0.2, 0.25) is 0 Å². The fraction of sp³-hybridized carbons (Fsp3) is 0.400. The molecular weight excluding hydrogens is 503 g/mol. The first-order valence-electron chi connectivity index (χ1n) is 11.7. The number of methoxy groups -OCH3 is 1. The van der Waals surface area contributed by atoms with Crippen molar-refractivity contribution in [2.24, 2.45) is 0 Å². The molecule has 0 saturated heterocycles. The lowest BCUT2D eigenvalue weighted by Gasteiger charge is -2.28. The van der Waals surface area contributed by atoms with Gasteiger partial charge in [0.25, 0.3) is 11.8 Å². The zero-order valence-electron chi connectivity index (χ0n) is 20.9. The van der Waals surface area contributed by atoms with Crippen LogP contribution in [-0.4, -0.2) is 52.1 Å².